The molecule has 0 spiro atoms. The van der Waals surface area contributed by atoms with Gasteiger partial charge in [-0.05, 0) is 79.7 Å². The van der Waals surface area contributed by atoms with Crippen LogP contribution in [0, 0.1) is 29.6 Å². The van der Waals surface area contributed by atoms with E-state index in [0.29, 0.717) is 23.5 Å². The quantitative estimate of drug-likeness (QED) is 0.236. The molecule has 0 saturated heterocycles. The second-order valence-electron chi connectivity index (χ2n) is 10.5. The lowest BCUT2D eigenvalue weighted by atomic mass is 9.80. The number of carbonyl (C=O) groups is 1. The molecule has 7 heteroatoms. The minimum atomic E-state index is -4.64. The molecule has 3 aliphatic carbocycles. The molecule has 0 amide bonds. The number of carbonyl (C=O) groups excluding carboxylic acids is 1. The van der Waals surface area contributed by atoms with E-state index in [1.807, 2.05) is 13.8 Å². The van der Waals surface area contributed by atoms with Crippen LogP contribution in [0.2, 0.25) is 0 Å². The molecule has 2 aromatic rings. The third-order valence-corrected chi connectivity index (χ3v) is 7.94. The molecule has 2 aromatic carbocycles. The number of esters is 1. The predicted molar refractivity (Wildman–Crippen MR) is 124 cm³/mol. The summed E-state index contributed by atoms with van der Waals surface area (Å²) in [5, 5.41) is 0. The SMILES string of the molecule is CC(C)C(Oc1cc(C(=O)Oc2ccccc2)ccc1C(F)(F)F)OC1CC2CC1C1CCCC21. The Kier molecular flexibility index (Phi) is 6.55. The van der Waals surface area contributed by atoms with E-state index in [9.17, 15) is 18.0 Å². The highest BCUT2D eigenvalue weighted by Gasteiger charge is 2.55. The molecule has 188 valence electrons. The summed E-state index contributed by atoms with van der Waals surface area (Å²) in [4.78, 5) is 12.6. The van der Waals surface area contributed by atoms with E-state index in [1.165, 1.54) is 19.3 Å². The summed E-state index contributed by atoms with van der Waals surface area (Å²) in [6.45, 7) is 3.74. The third-order valence-electron chi connectivity index (χ3n) is 7.94. The molecule has 4 nitrogen and oxygen atoms in total. The fourth-order valence-corrected chi connectivity index (χ4v) is 6.42. The van der Waals surface area contributed by atoms with Crippen LogP contribution in [0.15, 0.2) is 48.5 Å². The van der Waals surface area contributed by atoms with Gasteiger partial charge in [0.05, 0.1) is 17.2 Å². The van der Waals surface area contributed by atoms with E-state index in [4.69, 9.17) is 14.2 Å². The Morgan fingerprint density at radius 1 is 0.971 bits per heavy atom. The molecular weight excluding hydrogens is 457 g/mol. The smallest absolute Gasteiger partial charge is 0.419 e. The van der Waals surface area contributed by atoms with Gasteiger partial charge in [0.1, 0.15) is 11.5 Å². The molecular formula is C28H31F3O4. The molecule has 0 N–H and O–H groups in total. The van der Waals surface area contributed by atoms with Crippen molar-refractivity contribution in [2.75, 3.05) is 0 Å². The number of benzene rings is 2. The fraction of sp³-hybridized carbons (Fsp3) is 0.536. The van der Waals surface area contributed by atoms with Crippen LogP contribution in [0.1, 0.15) is 61.9 Å². The molecule has 35 heavy (non-hydrogen) atoms. The highest BCUT2D eigenvalue weighted by Crippen LogP contribution is 2.59. The first kappa shape index (κ1) is 24.2. The molecule has 3 aliphatic rings. The van der Waals surface area contributed by atoms with Gasteiger partial charge in [0, 0.05) is 5.92 Å². The van der Waals surface area contributed by atoms with Gasteiger partial charge in [-0.1, -0.05) is 38.5 Å². The lowest BCUT2D eigenvalue weighted by molar-refractivity contribution is -0.169. The second-order valence-corrected chi connectivity index (χ2v) is 10.5. The van der Waals surface area contributed by atoms with Gasteiger partial charge in [-0.3, -0.25) is 0 Å². The largest absolute Gasteiger partial charge is 0.464 e. The van der Waals surface area contributed by atoms with Crippen molar-refractivity contribution in [3.63, 3.8) is 0 Å². The minimum Gasteiger partial charge on any atom is -0.464 e. The van der Waals surface area contributed by atoms with E-state index in [2.05, 4.69) is 0 Å². The first-order valence-corrected chi connectivity index (χ1v) is 12.5. The van der Waals surface area contributed by atoms with Crippen molar-refractivity contribution in [2.24, 2.45) is 29.6 Å². The van der Waals surface area contributed by atoms with Crippen molar-refractivity contribution < 1.29 is 32.2 Å². The maximum absolute atomic E-state index is 13.8. The molecule has 0 heterocycles. The third kappa shape index (κ3) is 4.92. The van der Waals surface area contributed by atoms with Gasteiger partial charge >= 0.3 is 12.1 Å². The number of hydrogen-bond acceptors (Lipinski definition) is 4. The molecule has 5 rings (SSSR count). The van der Waals surface area contributed by atoms with Crippen LogP contribution in [-0.2, 0) is 10.9 Å². The Morgan fingerprint density at radius 2 is 1.71 bits per heavy atom. The summed E-state index contributed by atoms with van der Waals surface area (Å²) in [6.07, 6.45) is 0.412. The number of rotatable bonds is 7. The highest BCUT2D eigenvalue weighted by atomic mass is 19.4. The summed E-state index contributed by atoms with van der Waals surface area (Å²) in [5.74, 6) is 1.56. The monoisotopic (exact) mass is 488 g/mol. The Bertz CT molecular complexity index is 1050. The number of halogens is 3. The van der Waals surface area contributed by atoms with Crippen molar-refractivity contribution in [2.45, 2.75) is 64.5 Å². The first-order chi connectivity index (χ1) is 16.7. The molecule has 0 aliphatic heterocycles. The maximum Gasteiger partial charge on any atom is 0.419 e. The predicted octanol–water partition coefficient (Wildman–Crippen LogP) is 7.13. The Morgan fingerprint density at radius 3 is 2.43 bits per heavy atom. The lowest BCUT2D eigenvalue weighted by Crippen LogP contribution is -2.38. The van der Waals surface area contributed by atoms with Gasteiger partial charge < -0.3 is 14.2 Å². The van der Waals surface area contributed by atoms with E-state index in [1.54, 1.807) is 30.3 Å². The molecule has 6 unspecified atom stereocenters. The number of alkyl halides is 3. The topological polar surface area (TPSA) is 44.8 Å². The van der Waals surface area contributed by atoms with Gasteiger partial charge in [0.2, 0.25) is 6.29 Å². The van der Waals surface area contributed by atoms with Crippen molar-refractivity contribution >= 4 is 5.97 Å². The van der Waals surface area contributed by atoms with Crippen LogP contribution in [0.4, 0.5) is 13.2 Å². The minimum absolute atomic E-state index is 0.00677. The van der Waals surface area contributed by atoms with E-state index >= 15 is 0 Å². The zero-order chi connectivity index (χ0) is 24.7. The lowest BCUT2D eigenvalue weighted by Gasteiger charge is -2.35. The Hall–Kier alpha value is -2.54. The number of fused-ring (bicyclic) bond motifs is 5. The van der Waals surface area contributed by atoms with Crippen molar-refractivity contribution in [1.82, 2.24) is 0 Å². The Labute approximate surface area is 203 Å². The van der Waals surface area contributed by atoms with Crippen LogP contribution < -0.4 is 9.47 Å². The summed E-state index contributed by atoms with van der Waals surface area (Å²) < 4.78 is 59.0. The van der Waals surface area contributed by atoms with Crippen molar-refractivity contribution in [1.29, 1.82) is 0 Å². The average Bonchev–Trinajstić information content (AvgIpc) is 3.52. The summed E-state index contributed by atoms with van der Waals surface area (Å²) >= 11 is 0. The van der Waals surface area contributed by atoms with Crippen LogP contribution >= 0.6 is 0 Å². The zero-order valence-corrected chi connectivity index (χ0v) is 20.0. The van der Waals surface area contributed by atoms with E-state index in [-0.39, 0.29) is 17.6 Å². The average molecular weight is 489 g/mol. The van der Waals surface area contributed by atoms with Gasteiger partial charge in [-0.2, -0.15) is 13.2 Å². The molecule has 2 bridgehead atoms. The van der Waals surface area contributed by atoms with E-state index in [0.717, 1.165) is 37.0 Å². The van der Waals surface area contributed by atoms with Gasteiger partial charge in [0.15, 0.2) is 0 Å². The molecule has 3 fully saturated rings. The van der Waals surface area contributed by atoms with Crippen LogP contribution in [-0.4, -0.2) is 18.4 Å². The van der Waals surface area contributed by atoms with Crippen molar-refractivity contribution in [3.8, 4) is 11.5 Å². The Balaban J connectivity index is 1.36. The molecule has 6 atom stereocenters. The van der Waals surface area contributed by atoms with E-state index < -0.39 is 29.7 Å². The first-order valence-electron chi connectivity index (χ1n) is 12.5. The second kappa shape index (κ2) is 9.49. The van der Waals surface area contributed by atoms with Crippen molar-refractivity contribution in [3.05, 3.63) is 59.7 Å². The fourth-order valence-electron chi connectivity index (χ4n) is 6.42. The van der Waals surface area contributed by atoms with Crippen LogP contribution in [0.3, 0.4) is 0 Å². The van der Waals surface area contributed by atoms with Gasteiger partial charge in [-0.25, -0.2) is 4.79 Å². The zero-order valence-electron chi connectivity index (χ0n) is 20.0. The summed E-state index contributed by atoms with van der Waals surface area (Å²) in [6, 6.07) is 11.5. The number of para-hydroxylation sites is 1. The van der Waals surface area contributed by atoms with Gasteiger partial charge in [-0.15, -0.1) is 0 Å². The molecule has 3 saturated carbocycles. The molecule has 0 aromatic heterocycles. The standard InChI is InChI=1S/C28H31F3O4/c1-16(2)27(34-24-15-18-13-22(24)21-10-6-9-20(18)21)35-25-14-17(11-12-23(25)28(29,30)31)26(32)33-19-7-4-3-5-8-19/h3-5,7-8,11-12,14,16,18,20-22,24,27H,6,9-10,13,15H2,1-2H3. The summed E-state index contributed by atoms with van der Waals surface area (Å²) in [7, 11) is 0. The van der Waals surface area contributed by atoms with Crippen LogP contribution in [0.5, 0.6) is 11.5 Å². The normalized spacial score (nSPS) is 28.2. The number of ether oxygens (including phenoxy) is 3. The van der Waals surface area contributed by atoms with Crippen LogP contribution in [0.25, 0.3) is 0 Å². The number of hydrogen-bond donors (Lipinski definition) is 0. The van der Waals surface area contributed by atoms with Gasteiger partial charge in [0.25, 0.3) is 0 Å². The molecule has 0 radical (unpaired) electrons. The summed E-state index contributed by atoms with van der Waals surface area (Å²) in [5.41, 5.74) is -0.958. The maximum atomic E-state index is 13.8. The highest BCUT2D eigenvalue weighted by molar-refractivity contribution is 5.91.